The van der Waals surface area contributed by atoms with E-state index in [2.05, 4.69) is 0 Å². The van der Waals surface area contributed by atoms with Gasteiger partial charge >= 0.3 is 0 Å². The third kappa shape index (κ3) is 2.49. The highest BCUT2D eigenvalue weighted by Gasteiger charge is 2.38. The van der Waals surface area contributed by atoms with Crippen LogP contribution < -0.4 is 0 Å². The topological polar surface area (TPSA) is 37.1 Å². The van der Waals surface area contributed by atoms with Gasteiger partial charge in [-0.25, -0.2) is 0 Å². The number of nitrogens with zero attached hydrogens (tertiary/aromatic N) is 1. The van der Waals surface area contributed by atoms with Crippen molar-refractivity contribution in [1.82, 2.24) is 4.90 Å². The van der Waals surface area contributed by atoms with Crippen LogP contribution >= 0.6 is 11.8 Å². The third-order valence-corrected chi connectivity index (χ3v) is 5.15. The zero-order chi connectivity index (χ0) is 16.0. The van der Waals surface area contributed by atoms with E-state index in [-0.39, 0.29) is 11.6 Å². The molecule has 1 fully saturated rings. The second kappa shape index (κ2) is 5.39. The Morgan fingerprint density at radius 1 is 0.870 bits per heavy atom. The number of aryl methyl sites for hydroxylation is 1. The van der Waals surface area contributed by atoms with Crippen molar-refractivity contribution in [3.05, 3.63) is 75.8 Å². The maximum Gasteiger partial charge on any atom is 0.211 e. The maximum absolute atomic E-state index is 12.9. The molecule has 1 heterocycles. The van der Waals surface area contributed by atoms with E-state index in [1.807, 2.05) is 42.2 Å². The largest absolute Gasteiger partial charge is 0.364 e. The van der Waals surface area contributed by atoms with Crippen LogP contribution in [0.25, 0.3) is 0 Å². The smallest absolute Gasteiger partial charge is 0.211 e. The first-order valence-electron chi connectivity index (χ1n) is 7.57. The van der Waals surface area contributed by atoms with E-state index in [9.17, 15) is 9.59 Å². The lowest BCUT2D eigenvalue weighted by molar-refractivity contribution is 0.0967. The molecule has 0 amide bonds. The average molecular weight is 321 g/mol. The van der Waals surface area contributed by atoms with E-state index in [1.165, 1.54) is 17.3 Å². The minimum absolute atomic E-state index is 0.0349. The van der Waals surface area contributed by atoms with Gasteiger partial charge in [0.15, 0.2) is 0 Å². The Balaban J connectivity index is 1.81. The van der Waals surface area contributed by atoms with Gasteiger partial charge in [-0.15, -0.1) is 0 Å². The summed E-state index contributed by atoms with van der Waals surface area (Å²) in [6, 6.07) is 15.1. The van der Waals surface area contributed by atoms with Crippen molar-refractivity contribution in [1.29, 1.82) is 0 Å². The van der Waals surface area contributed by atoms with Crippen LogP contribution in [0.4, 0.5) is 0 Å². The van der Waals surface area contributed by atoms with Crippen molar-refractivity contribution in [2.24, 2.45) is 0 Å². The number of benzene rings is 2. The SMILES string of the molecule is Cc1ccc(SC2=C(N3CC3)C(=O)c3ccccc3C2=O)cc1. The van der Waals surface area contributed by atoms with Gasteiger partial charge in [0, 0.05) is 29.1 Å². The number of fused-ring (bicyclic) bond motifs is 1. The maximum atomic E-state index is 12.9. The lowest BCUT2D eigenvalue weighted by Gasteiger charge is -2.21. The van der Waals surface area contributed by atoms with E-state index in [1.54, 1.807) is 18.2 Å². The predicted octanol–water partition coefficient (Wildman–Crippen LogP) is 3.69. The minimum atomic E-state index is -0.0484. The Bertz CT molecular complexity index is 848. The summed E-state index contributed by atoms with van der Waals surface area (Å²) in [5, 5.41) is 0. The normalized spacial score (nSPS) is 16.7. The summed E-state index contributed by atoms with van der Waals surface area (Å²) in [5.41, 5.74) is 2.77. The lowest BCUT2D eigenvalue weighted by Crippen LogP contribution is -2.24. The second-order valence-corrected chi connectivity index (χ2v) is 6.87. The number of carbonyl (C=O) groups excluding carboxylic acids is 2. The number of allylic oxidation sites excluding steroid dienone is 2. The molecule has 0 aromatic heterocycles. The molecule has 0 radical (unpaired) electrons. The highest BCUT2D eigenvalue weighted by Crippen LogP contribution is 2.39. The summed E-state index contributed by atoms with van der Waals surface area (Å²) in [6.07, 6.45) is 0. The molecule has 0 saturated carbocycles. The molecule has 114 valence electrons. The first-order valence-corrected chi connectivity index (χ1v) is 8.39. The summed E-state index contributed by atoms with van der Waals surface area (Å²) < 4.78 is 0. The third-order valence-electron chi connectivity index (χ3n) is 4.06. The number of rotatable bonds is 3. The van der Waals surface area contributed by atoms with Crippen molar-refractivity contribution in [2.75, 3.05) is 13.1 Å². The molecule has 0 spiro atoms. The van der Waals surface area contributed by atoms with Crippen LogP contribution in [0.3, 0.4) is 0 Å². The summed E-state index contributed by atoms with van der Waals surface area (Å²) in [4.78, 5) is 29.3. The lowest BCUT2D eigenvalue weighted by atomic mass is 9.92. The molecule has 1 aliphatic carbocycles. The fourth-order valence-electron chi connectivity index (χ4n) is 2.72. The van der Waals surface area contributed by atoms with Crippen LogP contribution in [0.2, 0.25) is 0 Å². The second-order valence-electron chi connectivity index (χ2n) is 5.78. The van der Waals surface area contributed by atoms with Crippen molar-refractivity contribution in [2.45, 2.75) is 11.8 Å². The quantitative estimate of drug-likeness (QED) is 0.808. The summed E-state index contributed by atoms with van der Waals surface area (Å²) in [6.45, 7) is 3.71. The predicted molar refractivity (Wildman–Crippen MR) is 90.7 cm³/mol. The Kier molecular flexibility index (Phi) is 3.34. The molecule has 3 nitrogen and oxygen atoms in total. The molecule has 0 unspecified atom stereocenters. The van der Waals surface area contributed by atoms with Crippen molar-refractivity contribution in [3.63, 3.8) is 0 Å². The standard InChI is InChI=1S/C19H15NO2S/c1-12-6-8-13(9-7-12)23-19-16(20-10-11-20)17(21)14-4-2-3-5-15(14)18(19)22/h2-9H,10-11H2,1H3. The van der Waals surface area contributed by atoms with Crippen molar-refractivity contribution >= 4 is 23.3 Å². The molecule has 1 aliphatic heterocycles. The Hall–Kier alpha value is -2.33. The molecule has 0 N–H and O–H groups in total. The number of hydrogen-bond acceptors (Lipinski definition) is 4. The molecule has 4 heteroatoms. The summed E-state index contributed by atoms with van der Waals surface area (Å²) in [5.74, 6) is -0.0833. The van der Waals surface area contributed by atoms with E-state index in [0.29, 0.717) is 21.7 Å². The van der Waals surface area contributed by atoms with Crippen molar-refractivity contribution < 1.29 is 9.59 Å². The van der Waals surface area contributed by atoms with E-state index < -0.39 is 0 Å². The molecule has 1 saturated heterocycles. The number of ketones is 2. The van der Waals surface area contributed by atoms with Gasteiger partial charge in [-0.3, -0.25) is 9.59 Å². The van der Waals surface area contributed by atoms with Crippen LogP contribution in [0.15, 0.2) is 64.0 Å². The van der Waals surface area contributed by atoms with Crippen LogP contribution in [0.5, 0.6) is 0 Å². The Labute approximate surface area is 139 Å². The number of hydrogen-bond donors (Lipinski definition) is 0. The van der Waals surface area contributed by atoms with Gasteiger partial charge in [0.25, 0.3) is 0 Å². The van der Waals surface area contributed by atoms with Gasteiger partial charge in [-0.05, 0) is 19.1 Å². The van der Waals surface area contributed by atoms with Gasteiger partial charge < -0.3 is 4.90 Å². The van der Waals surface area contributed by atoms with Gasteiger partial charge in [-0.2, -0.15) is 0 Å². The first-order chi connectivity index (χ1) is 11.1. The number of carbonyl (C=O) groups is 2. The van der Waals surface area contributed by atoms with Crippen LogP contribution in [-0.2, 0) is 0 Å². The van der Waals surface area contributed by atoms with Gasteiger partial charge in [-0.1, -0.05) is 53.7 Å². The fraction of sp³-hybridized carbons (Fsp3) is 0.158. The highest BCUT2D eigenvalue weighted by atomic mass is 32.2. The monoisotopic (exact) mass is 321 g/mol. The highest BCUT2D eigenvalue weighted by molar-refractivity contribution is 8.04. The van der Waals surface area contributed by atoms with Crippen LogP contribution in [-0.4, -0.2) is 29.6 Å². The summed E-state index contributed by atoms with van der Waals surface area (Å²) >= 11 is 1.39. The molecule has 2 aromatic carbocycles. The zero-order valence-corrected chi connectivity index (χ0v) is 13.5. The van der Waals surface area contributed by atoms with Crippen LogP contribution in [0, 0.1) is 6.92 Å². The molecule has 23 heavy (non-hydrogen) atoms. The zero-order valence-electron chi connectivity index (χ0n) is 12.7. The molecular formula is C19H15NO2S. The number of Topliss-reactive ketones (excluding diaryl/α,β-unsaturated/α-hetero) is 2. The average Bonchev–Trinajstić information content (AvgIpc) is 3.39. The van der Waals surface area contributed by atoms with E-state index in [4.69, 9.17) is 0 Å². The first kappa shape index (κ1) is 14.3. The van der Waals surface area contributed by atoms with Gasteiger partial charge in [0.1, 0.15) is 5.70 Å². The number of thioether (sulfide) groups is 1. The molecule has 2 aliphatic rings. The Morgan fingerprint density at radius 3 is 2.09 bits per heavy atom. The van der Waals surface area contributed by atoms with Gasteiger partial charge in [0.2, 0.25) is 11.6 Å². The van der Waals surface area contributed by atoms with Crippen molar-refractivity contribution in [3.8, 4) is 0 Å². The van der Waals surface area contributed by atoms with E-state index >= 15 is 0 Å². The fourth-order valence-corrected chi connectivity index (χ4v) is 3.75. The molecule has 0 bridgehead atoms. The van der Waals surface area contributed by atoms with Crippen LogP contribution in [0.1, 0.15) is 26.3 Å². The molecule has 0 atom stereocenters. The minimum Gasteiger partial charge on any atom is -0.364 e. The summed E-state index contributed by atoms with van der Waals surface area (Å²) in [7, 11) is 0. The molecular weight excluding hydrogens is 306 g/mol. The van der Waals surface area contributed by atoms with Gasteiger partial charge in [0.05, 0.1) is 4.91 Å². The van der Waals surface area contributed by atoms with E-state index in [0.717, 1.165) is 18.0 Å². The Morgan fingerprint density at radius 2 is 1.48 bits per heavy atom. The molecule has 2 aromatic rings. The molecule has 4 rings (SSSR count).